The van der Waals surface area contributed by atoms with Crippen molar-refractivity contribution in [2.75, 3.05) is 5.32 Å². The van der Waals surface area contributed by atoms with Crippen molar-refractivity contribution < 1.29 is 14.0 Å². The highest BCUT2D eigenvalue weighted by molar-refractivity contribution is 5.97. The number of alkyl halides is 1. The second-order valence-corrected chi connectivity index (χ2v) is 8.02. The molecule has 1 aliphatic rings. The zero-order valence-corrected chi connectivity index (χ0v) is 19.7. The Hall–Kier alpha value is -3.08. The molecule has 2 rings (SSSR count). The average Bonchev–Trinajstić information content (AvgIpc) is 3.50. The number of nitrogens with one attached hydrogen (secondary N) is 1. The molecule has 0 radical (unpaired) electrons. The van der Waals surface area contributed by atoms with Crippen LogP contribution in [-0.4, -0.2) is 22.8 Å². The topological polar surface area (TPSA) is 59.1 Å². The second kappa shape index (κ2) is 11.5. The van der Waals surface area contributed by atoms with Crippen molar-refractivity contribution in [2.45, 2.75) is 60.1 Å². The molecule has 1 aromatic rings. The van der Waals surface area contributed by atoms with E-state index in [1.165, 1.54) is 0 Å². The van der Waals surface area contributed by atoms with Gasteiger partial charge in [-0.2, -0.15) is 0 Å². The van der Waals surface area contributed by atoms with Crippen molar-refractivity contribution in [3.05, 3.63) is 76.6 Å². The molecule has 0 aliphatic heterocycles. The Balaban J connectivity index is 2.35. The molecular formula is C27H33FN2O2. The van der Waals surface area contributed by atoms with Crippen LogP contribution in [-0.2, 0) is 9.59 Å². The predicted octanol–water partition coefficient (Wildman–Crippen LogP) is 6.46. The van der Waals surface area contributed by atoms with Gasteiger partial charge in [-0.1, -0.05) is 38.7 Å². The van der Waals surface area contributed by atoms with E-state index in [-0.39, 0.29) is 18.1 Å². The van der Waals surface area contributed by atoms with Crippen molar-refractivity contribution >= 4 is 23.6 Å². The summed E-state index contributed by atoms with van der Waals surface area (Å²) in [7, 11) is 0. The summed E-state index contributed by atoms with van der Waals surface area (Å²) in [5.74, 6) is -0.426. The molecule has 1 amide bonds. The maximum atomic E-state index is 13.1. The van der Waals surface area contributed by atoms with Crippen LogP contribution in [0.2, 0.25) is 0 Å². The van der Waals surface area contributed by atoms with Gasteiger partial charge in [0, 0.05) is 18.2 Å². The van der Waals surface area contributed by atoms with Crippen molar-refractivity contribution in [1.82, 2.24) is 4.98 Å². The highest BCUT2D eigenvalue weighted by Crippen LogP contribution is 2.34. The Morgan fingerprint density at radius 1 is 1.34 bits per heavy atom. The summed E-state index contributed by atoms with van der Waals surface area (Å²) in [6, 6.07) is 1.79. The maximum absolute atomic E-state index is 13.1. The number of allylic oxidation sites excluding steroid dienone is 8. The van der Waals surface area contributed by atoms with E-state index in [2.05, 4.69) is 36.0 Å². The van der Waals surface area contributed by atoms with Gasteiger partial charge in [0.25, 0.3) is 0 Å². The van der Waals surface area contributed by atoms with Gasteiger partial charge in [-0.15, -0.1) is 0 Å². The molecule has 1 aliphatic carbocycles. The van der Waals surface area contributed by atoms with Crippen LogP contribution in [0.1, 0.15) is 58.1 Å². The monoisotopic (exact) mass is 436 g/mol. The first-order valence-electron chi connectivity index (χ1n) is 11.1. The smallest absolute Gasteiger partial charge is 0.231 e. The summed E-state index contributed by atoms with van der Waals surface area (Å²) >= 11 is 0. The average molecular weight is 437 g/mol. The van der Waals surface area contributed by atoms with Crippen molar-refractivity contribution in [3.63, 3.8) is 0 Å². The Kier molecular flexibility index (Phi) is 9.06. The van der Waals surface area contributed by atoms with Gasteiger partial charge in [0.05, 0.1) is 5.92 Å². The normalized spacial score (nSPS) is 19.2. The number of amides is 1. The first kappa shape index (κ1) is 25.2. The van der Waals surface area contributed by atoms with Crippen LogP contribution < -0.4 is 5.32 Å². The molecule has 1 aromatic heterocycles. The van der Waals surface area contributed by atoms with Crippen LogP contribution in [0, 0.1) is 12.8 Å². The van der Waals surface area contributed by atoms with E-state index < -0.39 is 12.1 Å². The number of aromatic nitrogens is 1. The predicted molar refractivity (Wildman–Crippen MR) is 130 cm³/mol. The van der Waals surface area contributed by atoms with E-state index in [4.69, 9.17) is 0 Å². The van der Waals surface area contributed by atoms with Crippen LogP contribution in [0.3, 0.4) is 0 Å². The van der Waals surface area contributed by atoms with Crippen molar-refractivity contribution in [1.29, 1.82) is 0 Å². The molecule has 1 N–H and O–H groups in total. The molecule has 0 spiro atoms. The number of carbonyl (C=O) groups is 2. The molecule has 0 saturated heterocycles. The second-order valence-electron chi connectivity index (χ2n) is 8.02. The lowest BCUT2D eigenvalue weighted by molar-refractivity contribution is -0.117. The van der Waals surface area contributed by atoms with E-state index in [1.807, 2.05) is 45.9 Å². The quantitative estimate of drug-likeness (QED) is 0.338. The number of hydrogen-bond donors (Lipinski definition) is 1. The third-order valence-corrected chi connectivity index (χ3v) is 5.39. The molecule has 2 atom stereocenters. The highest BCUT2D eigenvalue weighted by Gasteiger charge is 2.43. The number of hydrogen-bond acceptors (Lipinski definition) is 3. The lowest BCUT2D eigenvalue weighted by atomic mass is 9.93. The number of halogens is 1. The molecule has 1 saturated carbocycles. The molecule has 4 nitrogen and oxygen atoms in total. The fraction of sp³-hybridized carbons (Fsp3) is 0.370. The fourth-order valence-corrected chi connectivity index (χ4v) is 3.34. The first-order valence-corrected chi connectivity index (χ1v) is 11.1. The largest absolute Gasteiger partial charge is 0.310 e. The minimum Gasteiger partial charge on any atom is -0.310 e. The van der Waals surface area contributed by atoms with E-state index >= 15 is 0 Å². The van der Waals surface area contributed by atoms with Gasteiger partial charge in [0.1, 0.15) is 12.0 Å². The van der Waals surface area contributed by atoms with Crippen LogP contribution in [0.4, 0.5) is 10.2 Å². The first-order chi connectivity index (χ1) is 15.2. The molecule has 2 unspecified atom stereocenters. The lowest BCUT2D eigenvalue weighted by Gasteiger charge is -2.12. The summed E-state index contributed by atoms with van der Waals surface area (Å²) < 4.78 is 13.1. The third kappa shape index (κ3) is 6.71. The summed E-state index contributed by atoms with van der Waals surface area (Å²) in [6.07, 6.45) is 12.3. The lowest BCUT2D eigenvalue weighted by Crippen LogP contribution is -2.16. The van der Waals surface area contributed by atoms with E-state index in [0.717, 1.165) is 34.3 Å². The van der Waals surface area contributed by atoms with E-state index in [0.29, 0.717) is 17.8 Å². The van der Waals surface area contributed by atoms with E-state index in [9.17, 15) is 14.0 Å². The van der Waals surface area contributed by atoms with Gasteiger partial charge in [0.15, 0.2) is 5.78 Å². The van der Waals surface area contributed by atoms with E-state index in [1.54, 1.807) is 12.3 Å². The van der Waals surface area contributed by atoms with Gasteiger partial charge in [-0.25, -0.2) is 9.37 Å². The van der Waals surface area contributed by atoms with Crippen LogP contribution in [0.15, 0.2) is 65.4 Å². The number of aryl methyl sites for hydroxylation is 1. The Morgan fingerprint density at radius 2 is 2.03 bits per heavy atom. The zero-order valence-electron chi connectivity index (χ0n) is 19.7. The molecule has 170 valence electrons. The standard InChI is InChI=1S/C27H33FN2O2/c1-7-10-11-20(22(8-2)18(5)12-19(6)25(31)9-3)14-21-16-29-26(13-17(21)4)30-27(32)23-15-24(23)28/h8,10-14,16,23-24H,6-7,9,15H2,1-5H3,(H,29,30,32)/b11-10+,18-12-,20-14+,22-8+. The molecule has 0 aromatic carbocycles. The summed E-state index contributed by atoms with van der Waals surface area (Å²) in [6.45, 7) is 13.7. The SMILES string of the molecule is C=C(\C=C(C)/C(=C\C)C(/C=C/CC)=C/c1cnc(NC(=O)C2CC2F)cc1C)C(=O)CC. The van der Waals surface area contributed by atoms with Crippen molar-refractivity contribution in [2.24, 2.45) is 5.92 Å². The summed E-state index contributed by atoms with van der Waals surface area (Å²) in [5, 5.41) is 2.69. The Morgan fingerprint density at radius 3 is 2.56 bits per heavy atom. The molecule has 5 heteroatoms. The van der Waals surface area contributed by atoms with Gasteiger partial charge in [-0.3, -0.25) is 9.59 Å². The molecule has 1 fully saturated rings. The number of nitrogens with zero attached hydrogens (tertiary/aromatic N) is 1. The highest BCUT2D eigenvalue weighted by atomic mass is 19.1. The Bertz CT molecular complexity index is 1010. The zero-order chi connectivity index (χ0) is 23.8. The number of Topliss-reactive ketones (excluding diaryl/α,β-unsaturated/α-hetero) is 1. The van der Waals surface area contributed by atoms with Gasteiger partial charge in [-0.05, 0) is 79.7 Å². The Labute approximate surface area is 190 Å². The fourth-order valence-electron chi connectivity index (χ4n) is 3.34. The van der Waals surface area contributed by atoms with Gasteiger partial charge < -0.3 is 5.32 Å². The number of pyridine rings is 1. The molecular weight excluding hydrogens is 403 g/mol. The number of carbonyl (C=O) groups excluding carboxylic acids is 2. The number of anilines is 1. The van der Waals surface area contributed by atoms with Crippen LogP contribution in [0.25, 0.3) is 6.08 Å². The summed E-state index contributed by atoms with van der Waals surface area (Å²) in [4.78, 5) is 28.3. The van der Waals surface area contributed by atoms with Crippen LogP contribution in [0.5, 0.6) is 0 Å². The minimum absolute atomic E-state index is 0.0254. The van der Waals surface area contributed by atoms with Crippen LogP contribution >= 0.6 is 0 Å². The minimum atomic E-state index is -1.04. The number of ketones is 1. The molecule has 1 heterocycles. The molecule has 0 bridgehead atoms. The third-order valence-electron chi connectivity index (χ3n) is 5.39. The van der Waals surface area contributed by atoms with Crippen molar-refractivity contribution in [3.8, 4) is 0 Å². The molecule has 32 heavy (non-hydrogen) atoms. The van der Waals surface area contributed by atoms with Gasteiger partial charge >= 0.3 is 0 Å². The number of rotatable bonds is 10. The summed E-state index contributed by atoms with van der Waals surface area (Å²) in [5.41, 5.74) is 5.27. The maximum Gasteiger partial charge on any atom is 0.231 e. The van der Waals surface area contributed by atoms with Gasteiger partial charge in [0.2, 0.25) is 5.91 Å².